The highest BCUT2D eigenvalue weighted by Gasteiger charge is 2.21. The number of hydrogen-bond donors (Lipinski definition) is 2. The molecular weight excluding hydrogens is 266 g/mol. The molecule has 3 rings (SSSR count). The Morgan fingerprint density at radius 2 is 2.19 bits per heavy atom. The number of nitrogens with zero attached hydrogens (tertiary/aromatic N) is 3. The van der Waals surface area contributed by atoms with Crippen LogP contribution in [0.3, 0.4) is 0 Å². The van der Waals surface area contributed by atoms with Crippen molar-refractivity contribution in [3.8, 4) is 0 Å². The quantitative estimate of drug-likeness (QED) is 0.826. The molecule has 1 saturated heterocycles. The van der Waals surface area contributed by atoms with Gasteiger partial charge in [0, 0.05) is 28.2 Å². The van der Waals surface area contributed by atoms with Gasteiger partial charge in [-0.15, -0.1) is 0 Å². The second-order valence-corrected chi connectivity index (χ2v) is 5.14. The van der Waals surface area contributed by atoms with Gasteiger partial charge in [-0.2, -0.15) is 0 Å². The average Bonchev–Trinajstić information content (AvgIpc) is 2.94. The topological polar surface area (TPSA) is 98.1 Å². The van der Waals surface area contributed by atoms with Crippen LogP contribution in [0.2, 0.25) is 0 Å². The highest BCUT2D eigenvalue weighted by Crippen LogP contribution is 2.19. The molecule has 0 radical (unpaired) electrons. The fourth-order valence-corrected chi connectivity index (χ4v) is 2.47. The van der Waals surface area contributed by atoms with Crippen molar-refractivity contribution in [1.29, 1.82) is 0 Å². The van der Waals surface area contributed by atoms with Gasteiger partial charge in [0.1, 0.15) is 17.3 Å². The lowest BCUT2D eigenvalue weighted by Crippen LogP contribution is -2.27. The molecule has 1 aliphatic heterocycles. The lowest BCUT2D eigenvalue weighted by molar-refractivity contribution is 0.103. The number of aromatic nitrogens is 2. The molecule has 3 heterocycles. The van der Waals surface area contributed by atoms with E-state index in [1.165, 1.54) is 0 Å². The van der Waals surface area contributed by atoms with Crippen molar-refractivity contribution < 1.29 is 7.65 Å². The first-order valence-electron chi connectivity index (χ1n) is 6.88. The monoisotopic (exact) mass is 287 g/mol. The fourth-order valence-electron chi connectivity index (χ4n) is 2.47. The van der Waals surface area contributed by atoms with E-state index in [1.54, 1.807) is 24.4 Å². The van der Waals surface area contributed by atoms with Crippen LogP contribution >= 0.6 is 0 Å². The van der Waals surface area contributed by atoms with Gasteiger partial charge in [0.25, 0.3) is 0 Å². The molecule has 1 fully saturated rings. The standard InChI is InChI=1S/C15H17N5O.2H2/c16-10-6-8-20(9-10)13-5-1-4-12(19-13)14(21)11-3-2-7-18-15(11)17;;/h1-5,7,10H,6,8-9,16H2,(H2,17,18);2*1H. The van der Waals surface area contributed by atoms with E-state index in [9.17, 15) is 4.79 Å². The van der Waals surface area contributed by atoms with Gasteiger partial charge < -0.3 is 16.4 Å². The van der Waals surface area contributed by atoms with Crippen molar-refractivity contribution in [3.63, 3.8) is 0 Å². The maximum absolute atomic E-state index is 12.5. The third kappa shape index (κ3) is 2.71. The molecule has 1 aliphatic rings. The number of hydrogen-bond acceptors (Lipinski definition) is 6. The highest BCUT2D eigenvalue weighted by atomic mass is 16.1. The van der Waals surface area contributed by atoms with E-state index < -0.39 is 0 Å². The van der Waals surface area contributed by atoms with Gasteiger partial charge in [0.15, 0.2) is 0 Å². The molecule has 2 aromatic heterocycles. The molecule has 0 saturated carbocycles. The molecule has 0 amide bonds. The van der Waals surface area contributed by atoms with Crippen LogP contribution in [0.25, 0.3) is 0 Å². The van der Waals surface area contributed by atoms with Crippen LogP contribution in [-0.2, 0) is 0 Å². The Hall–Kier alpha value is -2.47. The van der Waals surface area contributed by atoms with Crippen LogP contribution in [0.4, 0.5) is 11.6 Å². The molecule has 21 heavy (non-hydrogen) atoms. The fraction of sp³-hybridized carbons (Fsp3) is 0.267. The number of nitrogens with two attached hydrogens (primary N) is 2. The van der Waals surface area contributed by atoms with Crippen molar-refractivity contribution in [2.45, 2.75) is 12.5 Å². The highest BCUT2D eigenvalue weighted by molar-refractivity contribution is 6.10. The Morgan fingerprint density at radius 3 is 2.90 bits per heavy atom. The summed E-state index contributed by atoms with van der Waals surface area (Å²) in [5.74, 6) is 0.778. The summed E-state index contributed by atoms with van der Waals surface area (Å²) in [7, 11) is 0. The van der Waals surface area contributed by atoms with E-state index in [1.807, 2.05) is 12.1 Å². The molecule has 2 aromatic rings. The zero-order valence-corrected chi connectivity index (χ0v) is 11.6. The lowest BCUT2D eigenvalue weighted by atomic mass is 10.1. The molecule has 0 spiro atoms. The van der Waals surface area contributed by atoms with E-state index in [0.29, 0.717) is 11.3 Å². The average molecular weight is 287 g/mol. The number of rotatable bonds is 3. The summed E-state index contributed by atoms with van der Waals surface area (Å²) in [5.41, 5.74) is 12.4. The number of ketones is 1. The molecule has 1 atom stereocenters. The zero-order chi connectivity index (χ0) is 14.8. The van der Waals surface area contributed by atoms with Crippen LogP contribution in [-0.4, -0.2) is 34.9 Å². The number of carbonyl (C=O) groups excluding carboxylic acids is 1. The maximum Gasteiger partial charge on any atom is 0.215 e. The number of pyridine rings is 2. The Balaban J connectivity index is 0.00000132. The third-order valence-electron chi connectivity index (χ3n) is 3.60. The molecule has 0 aliphatic carbocycles. The summed E-state index contributed by atoms with van der Waals surface area (Å²) in [5, 5.41) is 0. The molecular formula is C15H21N5O. The third-order valence-corrected chi connectivity index (χ3v) is 3.60. The Labute approximate surface area is 125 Å². The van der Waals surface area contributed by atoms with Crippen LogP contribution in [0.1, 0.15) is 25.3 Å². The van der Waals surface area contributed by atoms with E-state index in [-0.39, 0.29) is 20.5 Å². The van der Waals surface area contributed by atoms with Crippen molar-refractivity contribution in [1.82, 2.24) is 9.97 Å². The molecule has 6 nitrogen and oxygen atoms in total. The first kappa shape index (κ1) is 13.5. The van der Waals surface area contributed by atoms with Gasteiger partial charge in [-0.05, 0) is 30.7 Å². The van der Waals surface area contributed by atoms with Gasteiger partial charge >= 0.3 is 0 Å². The summed E-state index contributed by atoms with van der Waals surface area (Å²) in [4.78, 5) is 22.9. The van der Waals surface area contributed by atoms with Crippen LogP contribution < -0.4 is 16.4 Å². The molecule has 112 valence electrons. The predicted octanol–water partition coefficient (Wildman–Crippen LogP) is 1.32. The summed E-state index contributed by atoms with van der Waals surface area (Å²) in [6.45, 7) is 1.63. The predicted molar refractivity (Wildman–Crippen MR) is 85.4 cm³/mol. The Kier molecular flexibility index (Phi) is 3.53. The van der Waals surface area contributed by atoms with E-state index in [0.717, 1.165) is 25.3 Å². The van der Waals surface area contributed by atoms with E-state index >= 15 is 0 Å². The van der Waals surface area contributed by atoms with Crippen molar-refractivity contribution >= 4 is 17.4 Å². The minimum absolute atomic E-state index is 0. The summed E-state index contributed by atoms with van der Waals surface area (Å²) < 4.78 is 0. The van der Waals surface area contributed by atoms with Gasteiger partial charge in [-0.1, -0.05) is 6.07 Å². The van der Waals surface area contributed by atoms with Gasteiger partial charge in [-0.3, -0.25) is 4.79 Å². The summed E-state index contributed by atoms with van der Waals surface area (Å²) >= 11 is 0. The van der Waals surface area contributed by atoms with Crippen LogP contribution in [0, 0.1) is 0 Å². The SMILES string of the molecule is Nc1ncccc1C(=O)c1cccc(N2CCC(N)C2)n1.[HH].[HH]. The molecule has 0 bridgehead atoms. The molecule has 6 heteroatoms. The smallest absolute Gasteiger partial charge is 0.215 e. The van der Waals surface area contributed by atoms with Gasteiger partial charge in [-0.25, -0.2) is 9.97 Å². The van der Waals surface area contributed by atoms with Crippen molar-refractivity contribution in [2.75, 3.05) is 23.7 Å². The normalized spacial score (nSPS) is 18.0. The Bertz CT molecular complexity index is 682. The summed E-state index contributed by atoms with van der Waals surface area (Å²) in [6, 6.07) is 8.92. The minimum atomic E-state index is -0.217. The molecule has 1 unspecified atom stereocenters. The van der Waals surface area contributed by atoms with Crippen LogP contribution in [0.15, 0.2) is 36.5 Å². The van der Waals surface area contributed by atoms with Crippen LogP contribution in [0.5, 0.6) is 0 Å². The molecule has 4 N–H and O–H groups in total. The van der Waals surface area contributed by atoms with Crippen molar-refractivity contribution in [3.05, 3.63) is 47.8 Å². The largest absolute Gasteiger partial charge is 0.383 e. The van der Waals surface area contributed by atoms with Gasteiger partial charge in [0.2, 0.25) is 5.78 Å². The minimum Gasteiger partial charge on any atom is -0.383 e. The second-order valence-electron chi connectivity index (χ2n) is 5.14. The second kappa shape index (κ2) is 5.49. The lowest BCUT2D eigenvalue weighted by Gasteiger charge is -2.17. The maximum atomic E-state index is 12.5. The van der Waals surface area contributed by atoms with Crippen molar-refractivity contribution in [2.24, 2.45) is 5.73 Å². The first-order valence-corrected chi connectivity index (χ1v) is 6.88. The number of nitrogen functional groups attached to an aromatic ring is 1. The molecule has 0 aromatic carbocycles. The van der Waals surface area contributed by atoms with E-state index in [4.69, 9.17) is 11.5 Å². The number of carbonyl (C=O) groups is 1. The summed E-state index contributed by atoms with van der Waals surface area (Å²) in [6.07, 6.45) is 2.50. The number of anilines is 2. The van der Waals surface area contributed by atoms with Gasteiger partial charge in [0.05, 0.1) is 5.56 Å². The zero-order valence-electron chi connectivity index (χ0n) is 11.6. The van der Waals surface area contributed by atoms with E-state index in [2.05, 4.69) is 14.9 Å². The first-order chi connectivity index (χ1) is 10.1. The Morgan fingerprint density at radius 1 is 1.33 bits per heavy atom.